The fourth-order valence-electron chi connectivity index (χ4n) is 2.11. The van der Waals surface area contributed by atoms with Crippen molar-refractivity contribution in [1.82, 2.24) is 15.1 Å². The second kappa shape index (κ2) is 5.75. The van der Waals surface area contributed by atoms with Gasteiger partial charge in [0, 0.05) is 23.8 Å². The molecule has 1 unspecified atom stereocenters. The first-order valence-corrected chi connectivity index (χ1v) is 6.08. The van der Waals surface area contributed by atoms with Crippen LogP contribution in [0.1, 0.15) is 36.8 Å². The van der Waals surface area contributed by atoms with Crippen LogP contribution < -0.4 is 5.32 Å². The van der Waals surface area contributed by atoms with Crippen LogP contribution in [0.4, 0.5) is 8.78 Å². The molecule has 1 aromatic rings. The minimum Gasteiger partial charge on any atom is -0.390 e. The van der Waals surface area contributed by atoms with Crippen molar-refractivity contribution < 1.29 is 13.9 Å². The number of aryl methyl sites for hydroxylation is 2. The molecule has 4 nitrogen and oxygen atoms in total. The van der Waals surface area contributed by atoms with Crippen LogP contribution in [-0.2, 0) is 6.54 Å². The predicted molar refractivity (Wildman–Crippen MR) is 65.8 cm³/mol. The summed E-state index contributed by atoms with van der Waals surface area (Å²) in [5.74, 6) is -3.09. The predicted octanol–water partition coefficient (Wildman–Crippen LogP) is 1.80. The van der Waals surface area contributed by atoms with Crippen molar-refractivity contribution in [3.05, 3.63) is 17.0 Å². The Morgan fingerprint density at radius 3 is 2.50 bits per heavy atom. The molecule has 0 amide bonds. The molecule has 104 valence electrons. The van der Waals surface area contributed by atoms with Gasteiger partial charge in [0.15, 0.2) is 0 Å². The molecule has 0 spiro atoms. The lowest BCUT2D eigenvalue weighted by Crippen LogP contribution is -2.37. The summed E-state index contributed by atoms with van der Waals surface area (Å²) in [5.41, 5.74) is 2.79. The third-order valence-electron chi connectivity index (χ3n) is 3.07. The van der Waals surface area contributed by atoms with E-state index in [-0.39, 0.29) is 6.04 Å². The lowest BCUT2D eigenvalue weighted by atomic mass is 10.1. The van der Waals surface area contributed by atoms with E-state index in [4.69, 9.17) is 5.11 Å². The van der Waals surface area contributed by atoms with Gasteiger partial charge in [0.2, 0.25) is 0 Å². The molecule has 0 aliphatic rings. The van der Waals surface area contributed by atoms with E-state index in [0.717, 1.165) is 23.5 Å². The summed E-state index contributed by atoms with van der Waals surface area (Å²) >= 11 is 0. The van der Waals surface area contributed by atoms with Gasteiger partial charge in [0.05, 0.1) is 12.2 Å². The number of nitrogens with zero attached hydrogens (tertiary/aromatic N) is 2. The largest absolute Gasteiger partial charge is 0.390 e. The molecule has 0 radical (unpaired) electrons. The number of halogens is 2. The Bertz CT molecular complexity index is 404. The quantitative estimate of drug-likeness (QED) is 0.821. The van der Waals surface area contributed by atoms with Crippen LogP contribution in [0.2, 0.25) is 0 Å². The second-order valence-corrected chi connectivity index (χ2v) is 4.52. The third-order valence-corrected chi connectivity index (χ3v) is 3.07. The van der Waals surface area contributed by atoms with Crippen molar-refractivity contribution in [1.29, 1.82) is 0 Å². The van der Waals surface area contributed by atoms with Gasteiger partial charge in [-0.25, -0.2) is 8.78 Å². The summed E-state index contributed by atoms with van der Waals surface area (Å²) in [6.45, 7) is 6.69. The van der Waals surface area contributed by atoms with Crippen molar-refractivity contribution >= 4 is 0 Å². The Labute approximate surface area is 106 Å². The lowest BCUT2D eigenvalue weighted by molar-refractivity contribution is -0.0491. The molecule has 0 aromatic carbocycles. The van der Waals surface area contributed by atoms with E-state index in [1.54, 1.807) is 0 Å². The molecule has 0 aliphatic heterocycles. The Balaban J connectivity index is 2.79. The number of hydrogen-bond acceptors (Lipinski definition) is 3. The van der Waals surface area contributed by atoms with Gasteiger partial charge in [-0.1, -0.05) is 0 Å². The monoisotopic (exact) mass is 261 g/mol. The average molecular weight is 261 g/mol. The molecule has 1 atom stereocenters. The van der Waals surface area contributed by atoms with Gasteiger partial charge in [-0.15, -0.1) is 0 Å². The molecule has 2 N–H and O–H groups in total. The molecule has 0 bridgehead atoms. The summed E-state index contributed by atoms with van der Waals surface area (Å²) in [6, 6.07) is -0.220. The molecule has 0 fully saturated rings. The fourth-order valence-corrected chi connectivity index (χ4v) is 2.11. The van der Waals surface area contributed by atoms with Crippen LogP contribution in [0.15, 0.2) is 0 Å². The van der Waals surface area contributed by atoms with Crippen LogP contribution >= 0.6 is 0 Å². The number of aliphatic hydroxyl groups excluding tert-OH is 1. The smallest absolute Gasteiger partial charge is 0.282 e. The zero-order chi connectivity index (χ0) is 13.9. The van der Waals surface area contributed by atoms with E-state index < -0.39 is 19.1 Å². The second-order valence-electron chi connectivity index (χ2n) is 4.52. The first kappa shape index (κ1) is 15.0. The number of nitrogens with one attached hydrogen (secondary N) is 1. The molecule has 6 heteroatoms. The highest BCUT2D eigenvalue weighted by molar-refractivity contribution is 5.27. The summed E-state index contributed by atoms with van der Waals surface area (Å²) in [5, 5.41) is 15.6. The molecule has 1 aromatic heterocycles. The maximum absolute atomic E-state index is 13.0. The SMILES string of the molecule is CCn1nc(C)c(C(C)NCC(F)(F)CO)c1C. The Hall–Kier alpha value is -1.01. The highest BCUT2D eigenvalue weighted by atomic mass is 19.3. The van der Waals surface area contributed by atoms with Crippen LogP contribution in [0.3, 0.4) is 0 Å². The third kappa shape index (κ3) is 3.26. The molecular weight excluding hydrogens is 240 g/mol. The van der Waals surface area contributed by atoms with Gasteiger partial charge >= 0.3 is 0 Å². The summed E-state index contributed by atoms with van der Waals surface area (Å²) in [7, 11) is 0. The van der Waals surface area contributed by atoms with Crippen molar-refractivity contribution in [3.8, 4) is 0 Å². The average Bonchev–Trinajstić information content (AvgIpc) is 2.61. The minimum absolute atomic E-state index is 0.220. The first-order chi connectivity index (χ1) is 8.32. The van der Waals surface area contributed by atoms with Crippen LogP contribution in [0, 0.1) is 13.8 Å². The van der Waals surface area contributed by atoms with Crippen LogP contribution in [0.25, 0.3) is 0 Å². The number of aromatic nitrogens is 2. The standard InChI is InChI=1S/C12H21F2N3O/c1-5-17-10(4)11(9(3)16-17)8(2)15-6-12(13,14)7-18/h8,15,18H,5-7H2,1-4H3. The van der Waals surface area contributed by atoms with Crippen molar-refractivity contribution in [2.45, 2.75) is 46.2 Å². The summed E-state index contributed by atoms with van der Waals surface area (Å²) in [4.78, 5) is 0. The van der Waals surface area contributed by atoms with Gasteiger partial charge in [-0.2, -0.15) is 5.10 Å². The number of rotatable bonds is 6. The molecule has 0 saturated heterocycles. The van der Waals surface area contributed by atoms with Gasteiger partial charge in [0.1, 0.15) is 6.61 Å². The van der Waals surface area contributed by atoms with Gasteiger partial charge in [-0.05, 0) is 27.7 Å². The molecule has 1 rings (SSSR count). The molecule has 0 aliphatic carbocycles. The summed E-state index contributed by atoms with van der Waals surface area (Å²) in [6.07, 6.45) is 0. The van der Waals surface area contributed by atoms with Crippen LogP contribution in [0.5, 0.6) is 0 Å². The number of alkyl halides is 2. The Morgan fingerprint density at radius 2 is 2.06 bits per heavy atom. The zero-order valence-electron chi connectivity index (χ0n) is 11.3. The van der Waals surface area contributed by atoms with E-state index in [2.05, 4.69) is 10.4 Å². The van der Waals surface area contributed by atoms with Crippen molar-refractivity contribution in [2.24, 2.45) is 0 Å². The van der Waals surface area contributed by atoms with E-state index in [1.165, 1.54) is 0 Å². The highest BCUT2D eigenvalue weighted by Gasteiger charge is 2.28. The fraction of sp³-hybridized carbons (Fsp3) is 0.750. The molecule has 18 heavy (non-hydrogen) atoms. The zero-order valence-corrected chi connectivity index (χ0v) is 11.3. The van der Waals surface area contributed by atoms with Gasteiger partial charge in [-0.3, -0.25) is 4.68 Å². The minimum atomic E-state index is -3.09. The van der Waals surface area contributed by atoms with E-state index in [9.17, 15) is 8.78 Å². The van der Waals surface area contributed by atoms with Crippen molar-refractivity contribution in [3.63, 3.8) is 0 Å². The topological polar surface area (TPSA) is 50.1 Å². The lowest BCUT2D eigenvalue weighted by Gasteiger charge is -2.19. The maximum Gasteiger partial charge on any atom is 0.282 e. The van der Waals surface area contributed by atoms with E-state index in [1.807, 2.05) is 32.4 Å². The van der Waals surface area contributed by atoms with Crippen molar-refractivity contribution in [2.75, 3.05) is 13.2 Å². The summed E-state index contributed by atoms with van der Waals surface area (Å²) < 4.78 is 27.8. The number of aliphatic hydroxyl groups is 1. The normalized spacial score (nSPS) is 13.9. The maximum atomic E-state index is 13.0. The van der Waals surface area contributed by atoms with Crippen LogP contribution in [-0.4, -0.2) is 34.0 Å². The Kier molecular flexibility index (Phi) is 4.81. The van der Waals surface area contributed by atoms with E-state index >= 15 is 0 Å². The molecule has 1 heterocycles. The molecule has 0 saturated carbocycles. The first-order valence-electron chi connectivity index (χ1n) is 6.08. The van der Waals surface area contributed by atoms with E-state index in [0.29, 0.717) is 0 Å². The Morgan fingerprint density at radius 1 is 1.44 bits per heavy atom. The van der Waals surface area contributed by atoms with Gasteiger partial charge in [0.25, 0.3) is 5.92 Å². The van der Waals surface area contributed by atoms with Gasteiger partial charge < -0.3 is 10.4 Å². The highest BCUT2D eigenvalue weighted by Crippen LogP contribution is 2.22. The molecular formula is C12H21F2N3O. The number of hydrogen-bond donors (Lipinski definition) is 2.